The minimum Gasteiger partial charge on any atom is -0.457 e. The van der Waals surface area contributed by atoms with Gasteiger partial charge in [0.1, 0.15) is 11.5 Å². The van der Waals surface area contributed by atoms with Crippen LogP contribution in [-0.4, -0.2) is 0 Å². The van der Waals surface area contributed by atoms with E-state index in [4.69, 9.17) is 39.5 Å². The van der Waals surface area contributed by atoms with Crippen LogP contribution in [0.1, 0.15) is 11.1 Å². The SMILES string of the molecule is Cc1cc(Cl)ccc1Oc1cccc(Cl)c1CCl. The Morgan fingerprint density at radius 1 is 1.06 bits per heavy atom. The lowest BCUT2D eigenvalue weighted by atomic mass is 10.2. The number of rotatable bonds is 3. The number of hydrogen-bond acceptors (Lipinski definition) is 1. The van der Waals surface area contributed by atoms with Crippen molar-refractivity contribution in [3.05, 3.63) is 57.6 Å². The standard InChI is InChI=1S/C14H11Cl3O/c1-9-7-10(16)5-6-13(9)18-14-4-2-3-12(17)11(14)8-15/h2-7H,8H2,1H3. The first-order valence-electron chi connectivity index (χ1n) is 5.39. The summed E-state index contributed by atoms with van der Waals surface area (Å²) in [5.41, 5.74) is 1.75. The summed E-state index contributed by atoms with van der Waals surface area (Å²) >= 11 is 17.9. The monoisotopic (exact) mass is 300 g/mol. The summed E-state index contributed by atoms with van der Waals surface area (Å²) < 4.78 is 5.84. The van der Waals surface area contributed by atoms with Crippen molar-refractivity contribution in [3.8, 4) is 11.5 Å². The van der Waals surface area contributed by atoms with Gasteiger partial charge in [0.15, 0.2) is 0 Å². The Kier molecular flexibility index (Phi) is 4.39. The fourth-order valence-corrected chi connectivity index (χ4v) is 2.41. The fourth-order valence-electron chi connectivity index (χ4n) is 1.61. The molecule has 0 N–H and O–H groups in total. The first-order valence-corrected chi connectivity index (χ1v) is 6.68. The number of benzene rings is 2. The van der Waals surface area contributed by atoms with Gasteiger partial charge in [0, 0.05) is 15.6 Å². The van der Waals surface area contributed by atoms with Crippen LogP contribution in [-0.2, 0) is 5.88 Å². The topological polar surface area (TPSA) is 9.23 Å². The normalized spacial score (nSPS) is 10.4. The van der Waals surface area contributed by atoms with Gasteiger partial charge >= 0.3 is 0 Å². The Morgan fingerprint density at radius 2 is 1.83 bits per heavy atom. The van der Waals surface area contributed by atoms with Crippen LogP contribution in [0.25, 0.3) is 0 Å². The summed E-state index contributed by atoms with van der Waals surface area (Å²) in [5, 5.41) is 1.29. The number of aryl methyl sites for hydroxylation is 1. The lowest BCUT2D eigenvalue weighted by Gasteiger charge is -2.12. The summed E-state index contributed by atoms with van der Waals surface area (Å²) in [4.78, 5) is 0. The van der Waals surface area contributed by atoms with Gasteiger partial charge in [-0.15, -0.1) is 11.6 Å². The molecule has 0 atom stereocenters. The van der Waals surface area contributed by atoms with Crippen LogP contribution < -0.4 is 4.74 Å². The zero-order chi connectivity index (χ0) is 13.1. The summed E-state index contributed by atoms with van der Waals surface area (Å²) in [6.45, 7) is 1.94. The van der Waals surface area contributed by atoms with Crippen LogP contribution in [0.3, 0.4) is 0 Å². The largest absolute Gasteiger partial charge is 0.457 e. The molecule has 0 aliphatic carbocycles. The Labute approximate surface area is 121 Å². The predicted molar refractivity (Wildman–Crippen MR) is 77.3 cm³/mol. The first-order chi connectivity index (χ1) is 8.61. The highest BCUT2D eigenvalue weighted by molar-refractivity contribution is 6.32. The third-order valence-electron chi connectivity index (χ3n) is 2.57. The van der Waals surface area contributed by atoms with Gasteiger partial charge in [-0.1, -0.05) is 29.3 Å². The molecule has 0 spiro atoms. The Bertz CT molecular complexity index is 567. The minimum absolute atomic E-state index is 0.307. The zero-order valence-corrected chi connectivity index (χ0v) is 12.0. The van der Waals surface area contributed by atoms with Crippen LogP contribution >= 0.6 is 34.8 Å². The molecule has 0 fully saturated rings. The molecule has 0 aliphatic rings. The van der Waals surface area contributed by atoms with Crippen molar-refractivity contribution in [2.45, 2.75) is 12.8 Å². The number of alkyl halides is 1. The van der Waals surface area contributed by atoms with Gasteiger partial charge in [-0.25, -0.2) is 0 Å². The van der Waals surface area contributed by atoms with Crippen molar-refractivity contribution >= 4 is 34.8 Å². The highest BCUT2D eigenvalue weighted by Gasteiger charge is 2.09. The highest BCUT2D eigenvalue weighted by atomic mass is 35.5. The summed E-state index contributed by atoms with van der Waals surface area (Å²) in [7, 11) is 0. The summed E-state index contributed by atoms with van der Waals surface area (Å²) in [6, 6.07) is 10.9. The molecule has 0 unspecified atom stereocenters. The fraction of sp³-hybridized carbons (Fsp3) is 0.143. The molecule has 0 heterocycles. The molecule has 0 bridgehead atoms. The molecular formula is C14H11Cl3O. The van der Waals surface area contributed by atoms with E-state index in [1.165, 1.54) is 0 Å². The van der Waals surface area contributed by atoms with Crippen molar-refractivity contribution in [2.75, 3.05) is 0 Å². The molecule has 2 aromatic carbocycles. The lowest BCUT2D eigenvalue weighted by Crippen LogP contribution is -1.92. The zero-order valence-electron chi connectivity index (χ0n) is 9.71. The van der Waals surface area contributed by atoms with E-state index in [1.54, 1.807) is 12.1 Å². The second kappa shape index (κ2) is 5.83. The highest BCUT2D eigenvalue weighted by Crippen LogP contribution is 2.33. The molecule has 94 valence electrons. The Morgan fingerprint density at radius 3 is 2.50 bits per heavy atom. The van der Waals surface area contributed by atoms with E-state index in [0.717, 1.165) is 16.9 Å². The Balaban J connectivity index is 2.37. The van der Waals surface area contributed by atoms with Crippen molar-refractivity contribution in [1.82, 2.24) is 0 Å². The van der Waals surface area contributed by atoms with Crippen molar-refractivity contribution in [1.29, 1.82) is 0 Å². The van der Waals surface area contributed by atoms with Crippen molar-refractivity contribution in [2.24, 2.45) is 0 Å². The summed E-state index contributed by atoms with van der Waals surface area (Å²) in [5.74, 6) is 1.72. The smallest absolute Gasteiger partial charge is 0.133 e. The number of ether oxygens (including phenoxy) is 1. The maximum absolute atomic E-state index is 6.08. The van der Waals surface area contributed by atoms with Crippen LogP contribution in [0, 0.1) is 6.92 Å². The third kappa shape index (κ3) is 2.92. The molecule has 1 nitrogen and oxygen atoms in total. The quantitative estimate of drug-likeness (QED) is 0.648. The van der Waals surface area contributed by atoms with Gasteiger partial charge in [0.05, 0.1) is 5.88 Å². The second-order valence-corrected chi connectivity index (χ2v) is 4.97. The van der Waals surface area contributed by atoms with Crippen LogP contribution in [0.15, 0.2) is 36.4 Å². The van der Waals surface area contributed by atoms with E-state index in [1.807, 2.05) is 31.2 Å². The minimum atomic E-state index is 0.307. The molecule has 0 aliphatic heterocycles. The Hall–Kier alpha value is -0.890. The van der Waals surface area contributed by atoms with Crippen LogP contribution in [0.5, 0.6) is 11.5 Å². The third-order valence-corrected chi connectivity index (χ3v) is 3.42. The van der Waals surface area contributed by atoms with Gasteiger partial charge in [0.25, 0.3) is 0 Å². The van der Waals surface area contributed by atoms with E-state index >= 15 is 0 Å². The van der Waals surface area contributed by atoms with Crippen molar-refractivity contribution in [3.63, 3.8) is 0 Å². The van der Waals surface area contributed by atoms with Crippen LogP contribution in [0.2, 0.25) is 10.0 Å². The molecule has 2 rings (SSSR count). The molecule has 0 saturated heterocycles. The van der Waals surface area contributed by atoms with E-state index in [2.05, 4.69) is 0 Å². The number of halogens is 3. The van der Waals surface area contributed by atoms with Crippen molar-refractivity contribution < 1.29 is 4.74 Å². The molecule has 0 radical (unpaired) electrons. The predicted octanol–water partition coefficient (Wildman–Crippen LogP) is 5.83. The molecule has 0 aromatic heterocycles. The van der Waals surface area contributed by atoms with Gasteiger partial charge in [0.2, 0.25) is 0 Å². The second-order valence-electron chi connectivity index (χ2n) is 3.86. The average Bonchev–Trinajstić information content (AvgIpc) is 2.33. The number of hydrogen-bond donors (Lipinski definition) is 0. The van der Waals surface area contributed by atoms with Gasteiger partial charge in [-0.2, -0.15) is 0 Å². The van der Waals surface area contributed by atoms with E-state index in [-0.39, 0.29) is 0 Å². The lowest BCUT2D eigenvalue weighted by molar-refractivity contribution is 0.475. The molecule has 0 amide bonds. The molecule has 0 saturated carbocycles. The van der Waals surface area contributed by atoms with E-state index in [0.29, 0.717) is 21.7 Å². The van der Waals surface area contributed by atoms with Gasteiger partial charge in [-0.3, -0.25) is 0 Å². The molecule has 18 heavy (non-hydrogen) atoms. The van der Waals surface area contributed by atoms with E-state index in [9.17, 15) is 0 Å². The van der Waals surface area contributed by atoms with Gasteiger partial charge in [-0.05, 0) is 42.8 Å². The van der Waals surface area contributed by atoms with Gasteiger partial charge < -0.3 is 4.74 Å². The average molecular weight is 302 g/mol. The van der Waals surface area contributed by atoms with E-state index < -0.39 is 0 Å². The summed E-state index contributed by atoms with van der Waals surface area (Å²) in [6.07, 6.45) is 0. The molecule has 4 heteroatoms. The first kappa shape index (κ1) is 13.5. The van der Waals surface area contributed by atoms with Crippen LogP contribution in [0.4, 0.5) is 0 Å². The maximum Gasteiger partial charge on any atom is 0.133 e. The maximum atomic E-state index is 6.08. The molecule has 2 aromatic rings. The molecular weight excluding hydrogens is 291 g/mol.